The highest BCUT2D eigenvalue weighted by molar-refractivity contribution is 5.89. The maximum Gasteiger partial charge on any atom is 0.134 e. The molecule has 7 aromatic carbocycles. The second-order valence-electron chi connectivity index (χ2n) is 11.7. The van der Waals surface area contributed by atoms with Crippen LogP contribution in [-0.4, -0.2) is 0 Å². The first-order valence-corrected chi connectivity index (χ1v) is 15.4. The second-order valence-corrected chi connectivity index (χ2v) is 11.7. The summed E-state index contributed by atoms with van der Waals surface area (Å²) >= 11 is 0. The van der Waals surface area contributed by atoms with Gasteiger partial charge < -0.3 is 9.64 Å². The summed E-state index contributed by atoms with van der Waals surface area (Å²) in [5.74, 6) is 1.77. The van der Waals surface area contributed by atoms with Gasteiger partial charge in [-0.2, -0.15) is 0 Å². The highest BCUT2D eigenvalue weighted by Gasteiger charge is 2.50. The third kappa shape index (κ3) is 3.82. The largest absolute Gasteiger partial charge is 0.457 e. The highest BCUT2D eigenvalue weighted by atomic mass is 16.5. The Balaban J connectivity index is 1.27. The number of hydrogen-bond donors (Lipinski definition) is 0. The van der Waals surface area contributed by atoms with Gasteiger partial charge in [-0.05, 0) is 69.8 Å². The molecular formula is C43H29NO. The lowest BCUT2D eigenvalue weighted by Gasteiger charge is -2.40. The van der Waals surface area contributed by atoms with Crippen molar-refractivity contribution in [1.82, 2.24) is 0 Å². The van der Waals surface area contributed by atoms with Gasteiger partial charge in [0.2, 0.25) is 0 Å². The number of anilines is 3. The summed E-state index contributed by atoms with van der Waals surface area (Å²) in [4.78, 5) is 2.32. The minimum atomic E-state index is -0.472. The van der Waals surface area contributed by atoms with Gasteiger partial charge in [0, 0.05) is 34.3 Å². The minimum absolute atomic E-state index is 0.472. The molecule has 0 bridgehead atoms. The molecule has 0 N–H and O–H groups in total. The van der Waals surface area contributed by atoms with E-state index in [1.54, 1.807) is 0 Å². The van der Waals surface area contributed by atoms with Gasteiger partial charge >= 0.3 is 0 Å². The second kappa shape index (κ2) is 10.1. The van der Waals surface area contributed by atoms with Crippen molar-refractivity contribution in [2.45, 2.75) is 5.41 Å². The third-order valence-corrected chi connectivity index (χ3v) is 9.32. The van der Waals surface area contributed by atoms with Gasteiger partial charge in [0.05, 0.1) is 5.41 Å². The molecule has 2 nitrogen and oxygen atoms in total. The first-order chi connectivity index (χ1) is 22.3. The van der Waals surface area contributed by atoms with Crippen LogP contribution in [0.25, 0.3) is 22.3 Å². The van der Waals surface area contributed by atoms with Crippen LogP contribution >= 0.6 is 0 Å². The van der Waals surface area contributed by atoms with E-state index in [1.807, 2.05) is 0 Å². The molecule has 1 aliphatic heterocycles. The van der Waals surface area contributed by atoms with Gasteiger partial charge in [-0.25, -0.2) is 0 Å². The summed E-state index contributed by atoms with van der Waals surface area (Å²) in [5.41, 5.74) is 12.6. The van der Waals surface area contributed by atoms with Crippen molar-refractivity contribution in [3.63, 3.8) is 0 Å². The Morgan fingerprint density at radius 1 is 0.356 bits per heavy atom. The standard InChI is InChI=1S/C43H29NO/c1-3-14-30(15-4-1)31-16-13-19-33(28-31)44(32-17-5-2-6-18-32)34-26-27-40-42(29-34)45-41-25-12-11-24-39(41)43(40)37-22-9-7-20-35(37)36-21-8-10-23-38(36)43/h1-29H. The molecule has 0 atom stereocenters. The van der Waals surface area contributed by atoms with Gasteiger partial charge in [-0.15, -0.1) is 0 Å². The Morgan fingerprint density at radius 3 is 1.62 bits per heavy atom. The number of nitrogens with zero attached hydrogens (tertiary/aromatic N) is 1. The van der Waals surface area contributed by atoms with Gasteiger partial charge in [-0.3, -0.25) is 0 Å². The Morgan fingerprint density at radius 2 is 0.889 bits per heavy atom. The fraction of sp³-hybridized carbons (Fsp3) is 0.0233. The zero-order valence-corrected chi connectivity index (χ0v) is 24.6. The molecule has 0 aromatic heterocycles. The van der Waals surface area contributed by atoms with Crippen molar-refractivity contribution < 1.29 is 4.74 Å². The number of ether oxygens (including phenoxy) is 1. The zero-order valence-electron chi connectivity index (χ0n) is 24.6. The van der Waals surface area contributed by atoms with Crippen LogP contribution in [0.1, 0.15) is 22.3 Å². The number of hydrogen-bond acceptors (Lipinski definition) is 2. The van der Waals surface area contributed by atoms with Crippen LogP contribution in [-0.2, 0) is 5.41 Å². The summed E-state index contributed by atoms with van der Waals surface area (Å²) < 4.78 is 6.82. The molecule has 0 amide bonds. The van der Waals surface area contributed by atoms with Crippen LogP contribution in [0.3, 0.4) is 0 Å². The molecule has 0 saturated heterocycles. The average Bonchev–Trinajstić information content (AvgIpc) is 3.40. The maximum atomic E-state index is 6.82. The molecule has 7 aromatic rings. The summed E-state index contributed by atoms with van der Waals surface area (Å²) in [6.07, 6.45) is 0. The molecule has 212 valence electrons. The third-order valence-electron chi connectivity index (χ3n) is 9.32. The van der Waals surface area contributed by atoms with E-state index in [0.29, 0.717) is 0 Å². The topological polar surface area (TPSA) is 12.5 Å². The molecule has 45 heavy (non-hydrogen) atoms. The van der Waals surface area contributed by atoms with Crippen LogP contribution in [0.15, 0.2) is 176 Å². The normalized spacial score (nSPS) is 13.2. The Hall–Kier alpha value is -5.86. The summed E-state index contributed by atoms with van der Waals surface area (Å²) in [5, 5.41) is 0. The van der Waals surface area contributed by atoms with Crippen LogP contribution in [0.4, 0.5) is 17.1 Å². The molecule has 0 saturated carbocycles. The van der Waals surface area contributed by atoms with Crippen molar-refractivity contribution in [3.05, 3.63) is 198 Å². The molecule has 2 aliphatic rings. The van der Waals surface area contributed by atoms with Crippen LogP contribution in [0, 0.1) is 0 Å². The first-order valence-electron chi connectivity index (χ1n) is 15.4. The average molecular weight is 576 g/mol. The molecule has 1 spiro atoms. The van der Waals surface area contributed by atoms with E-state index in [1.165, 1.54) is 38.9 Å². The molecule has 1 aliphatic carbocycles. The van der Waals surface area contributed by atoms with Crippen LogP contribution in [0.5, 0.6) is 11.5 Å². The minimum Gasteiger partial charge on any atom is -0.457 e. The maximum absolute atomic E-state index is 6.82. The van der Waals surface area contributed by atoms with Gasteiger partial charge in [0.25, 0.3) is 0 Å². The van der Waals surface area contributed by atoms with Crippen molar-refractivity contribution >= 4 is 17.1 Å². The zero-order chi connectivity index (χ0) is 29.8. The molecule has 1 heterocycles. The lowest BCUT2D eigenvalue weighted by atomic mass is 9.66. The highest BCUT2D eigenvalue weighted by Crippen LogP contribution is 2.62. The van der Waals surface area contributed by atoms with E-state index in [-0.39, 0.29) is 0 Å². The molecular weight excluding hydrogens is 546 g/mol. The summed E-state index contributed by atoms with van der Waals surface area (Å²) in [7, 11) is 0. The number of para-hydroxylation sites is 2. The van der Waals surface area contributed by atoms with Crippen molar-refractivity contribution in [2.75, 3.05) is 4.90 Å². The summed E-state index contributed by atoms with van der Waals surface area (Å²) in [6, 6.07) is 62.9. The monoisotopic (exact) mass is 575 g/mol. The summed E-state index contributed by atoms with van der Waals surface area (Å²) in [6.45, 7) is 0. The lowest BCUT2D eigenvalue weighted by molar-refractivity contribution is 0.436. The molecule has 9 rings (SSSR count). The molecule has 0 radical (unpaired) electrons. The lowest BCUT2D eigenvalue weighted by Crippen LogP contribution is -2.32. The Labute approximate surface area is 263 Å². The van der Waals surface area contributed by atoms with Crippen LogP contribution < -0.4 is 9.64 Å². The van der Waals surface area contributed by atoms with Gasteiger partial charge in [0.1, 0.15) is 11.5 Å². The van der Waals surface area contributed by atoms with E-state index in [9.17, 15) is 0 Å². The van der Waals surface area contributed by atoms with Crippen molar-refractivity contribution in [3.8, 4) is 33.8 Å². The Bertz CT molecular complexity index is 2160. The Kier molecular flexibility index (Phi) is 5.76. The van der Waals surface area contributed by atoms with E-state index in [0.717, 1.165) is 34.1 Å². The first kappa shape index (κ1) is 25.6. The van der Waals surface area contributed by atoms with E-state index in [2.05, 4.69) is 181 Å². The van der Waals surface area contributed by atoms with Crippen molar-refractivity contribution in [2.24, 2.45) is 0 Å². The number of benzene rings is 7. The quantitative estimate of drug-likeness (QED) is 0.207. The van der Waals surface area contributed by atoms with Crippen LogP contribution in [0.2, 0.25) is 0 Å². The smallest absolute Gasteiger partial charge is 0.134 e. The predicted molar refractivity (Wildman–Crippen MR) is 184 cm³/mol. The fourth-order valence-electron chi connectivity index (χ4n) is 7.47. The van der Waals surface area contributed by atoms with E-state index < -0.39 is 5.41 Å². The number of fused-ring (bicyclic) bond motifs is 9. The van der Waals surface area contributed by atoms with E-state index in [4.69, 9.17) is 4.74 Å². The van der Waals surface area contributed by atoms with Gasteiger partial charge in [-0.1, -0.05) is 133 Å². The van der Waals surface area contributed by atoms with Gasteiger partial charge in [0.15, 0.2) is 0 Å². The fourth-order valence-corrected chi connectivity index (χ4v) is 7.47. The van der Waals surface area contributed by atoms with E-state index >= 15 is 0 Å². The molecule has 2 heteroatoms. The molecule has 0 fully saturated rings. The SMILES string of the molecule is c1ccc(-c2cccc(N(c3ccccc3)c3ccc4c(c3)Oc3ccccc3C43c4ccccc4-c4ccccc43)c2)cc1. The van der Waals surface area contributed by atoms with Crippen molar-refractivity contribution in [1.29, 1.82) is 0 Å². The predicted octanol–water partition coefficient (Wildman–Crippen LogP) is 11.3. The number of rotatable bonds is 4. The molecule has 0 unspecified atom stereocenters.